The van der Waals surface area contributed by atoms with Crippen LogP contribution < -0.4 is 4.80 Å². The number of nitrogens with zero attached hydrogens (tertiary/aromatic N) is 3. The van der Waals surface area contributed by atoms with Gasteiger partial charge in [-0.25, -0.2) is 9.07 Å². The van der Waals surface area contributed by atoms with E-state index in [1.807, 2.05) is 35.7 Å². The molecule has 4 aromatic rings. The molecule has 0 unspecified atom stereocenters. The lowest BCUT2D eigenvalue weighted by Gasteiger charge is -2.00. The van der Waals surface area contributed by atoms with Gasteiger partial charge in [-0.2, -0.15) is 5.10 Å². The standard InChI is InChI=1S/C21H16FN3OS/c1-2-10-23-21-25(24-13-15-6-5-8-17(22)11-15)18(14-27-21)20-12-16-7-3-4-9-19(16)26-20/h2-9,11-14H,1,10H2. The second kappa shape index (κ2) is 7.55. The van der Waals surface area contributed by atoms with Crippen LogP contribution in [0.25, 0.3) is 22.4 Å². The molecule has 0 aliphatic heterocycles. The van der Waals surface area contributed by atoms with Gasteiger partial charge in [0.05, 0.1) is 12.8 Å². The Morgan fingerprint density at radius 1 is 1.15 bits per heavy atom. The molecule has 0 spiro atoms. The molecule has 0 atom stereocenters. The zero-order valence-corrected chi connectivity index (χ0v) is 15.2. The molecule has 2 aromatic carbocycles. The minimum Gasteiger partial charge on any atom is -0.454 e. The van der Waals surface area contributed by atoms with Gasteiger partial charge in [0.25, 0.3) is 0 Å². The van der Waals surface area contributed by atoms with E-state index in [4.69, 9.17) is 4.42 Å². The number of furan rings is 1. The van der Waals surface area contributed by atoms with Gasteiger partial charge in [0.1, 0.15) is 17.1 Å². The Balaban J connectivity index is 1.82. The number of para-hydroxylation sites is 1. The first-order chi connectivity index (χ1) is 13.2. The molecule has 4 rings (SSSR count). The monoisotopic (exact) mass is 377 g/mol. The van der Waals surface area contributed by atoms with Crippen LogP contribution in [0.5, 0.6) is 0 Å². The fraction of sp³-hybridized carbons (Fsp3) is 0.0476. The van der Waals surface area contributed by atoms with E-state index in [2.05, 4.69) is 16.7 Å². The summed E-state index contributed by atoms with van der Waals surface area (Å²) in [5.41, 5.74) is 2.26. The molecule has 0 fully saturated rings. The number of fused-ring (bicyclic) bond motifs is 1. The predicted molar refractivity (Wildman–Crippen MR) is 108 cm³/mol. The summed E-state index contributed by atoms with van der Waals surface area (Å²) in [7, 11) is 0. The number of hydrogen-bond acceptors (Lipinski definition) is 4. The largest absolute Gasteiger partial charge is 0.454 e. The van der Waals surface area contributed by atoms with E-state index in [1.165, 1.54) is 23.5 Å². The molecule has 2 heterocycles. The number of aromatic nitrogens is 1. The van der Waals surface area contributed by atoms with Crippen LogP contribution in [-0.2, 0) is 0 Å². The number of thiazole rings is 1. The second-order valence-corrected chi connectivity index (χ2v) is 6.63. The van der Waals surface area contributed by atoms with Crippen molar-refractivity contribution in [1.29, 1.82) is 0 Å². The van der Waals surface area contributed by atoms with Crippen molar-refractivity contribution in [3.63, 3.8) is 0 Å². The molecule has 0 saturated heterocycles. The second-order valence-electron chi connectivity index (χ2n) is 5.79. The van der Waals surface area contributed by atoms with Crippen LogP contribution in [0.15, 0.2) is 87.1 Å². The Morgan fingerprint density at radius 3 is 2.85 bits per heavy atom. The van der Waals surface area contributed by atoms with Crippen LogP contribution in [0.1, 0.15) is 5.56 Å². The summed E-state index contributed by atoms with van der Waals surface area (Å²) in [5, 5.41) is 7.49. The van der Waals surface area contributed by atoms with Crippen LogP contribution in [0.3, 0.4) is 0 Å². The Morgan fingerprint density at radius 2 is 2.04 bits per heavy atom. The SMILES string of the molecule is C=CCN=c1scc(-c2cc3ccccc3o2)n1N=Cc1cccc(F)c1. The minimum absolute atomic E-state index is 0.302. The Bertz CT molecular complexity index is 1170. The van der Waals surface area contributed by atoms with Crippen molar-refractivity contribution in [2.45, 2.75) is 0 Å². The van der Waals surface area contributed by atoms with Gasteiger partial charge in [-0.1, -0.05) is 36.4 Å². The highest BCUT2D eigenvalue weighted by Crippen LogP contribution is 2.28. The first kappa shape index (κ1) is 17.2. The van der Waals surface area contributed by atoms with Gasteiger partial charge in [0.15, 0.2) is 5.76 Å². The molecule has 4 nitrogen and oxygen atoms in total. The molecular weight excluding hydrogens is 361 g/mol. The summed E-state index contributed by atoms with van der Waals surface area (Å²) in [6, 6.07) is 16.1. The fourth-order valence-electron chi connectivity index (χ4n) is 2.65. The van der Waals surface area contributed by atoms with Crippen LogP contribution >= 0.6 is 11.3 Å². The van der Waals surface area contributed by atoms with E-state index in [0.717, 1.165) is 16.7 Å². The lowest BCUT2D eigenvalue weighted by molar-refractivity contribution is 0.621. The summed E-state index contributed by atoms with van der Waals surface area (Å²) in [5.74, 6) is 0.396. The molecule has 0 radical (unpaired) electrons. The van der Waals surface area contributed by atoms with Crippen LogP contribution in [0, 0.1) is 5.82 Å². The number of halogens is 1. The van der Waals surface area contributed by atoms with Gasteiger partial charge < -0.3 is 4.42 Å². The van der Waals surface area contributed by atoms with Gasteiger partial charge in [0, 0.05) is 10.8 Å². The van der Waals surface area contributed by atoms with E-state index in [-0.39, 0.29) is 5.82 Å². The van der Waals surface area contributed by atoms with Crippen molar-refractivity contribution in [3.8, 4) is 11.5 Å². The summed E-state index contributed by atoms with van der Waals surface area (Å²) in [6.45, 7) is 4.19. The maximum Gasteiger partial charge on any atom is 0.206 e. The third-order valence-corrected chi connectivity index (χ3v) is 4.74. The molecular formula is C21H16FN3OS. The zero-order chi connectivity index (χ0) is 18.6. The van der Waals surface area contributed by atoms with Crippen LogP contribution in [-0.4, -0.2) is 17.4 Å². The number of rotatable bonds is 5. The minimum atomic E-state index is -0.302. The van der Waals surface area contributed by atoms with Gasteiger partial charge in [-0.3, -0.25) is 4.99 Å². The van der Waals surface area contributed by atoms with Crippen molar-refractivity contribution >= 4 is 28.5 Å². The molecule has 0 amide bonds. The number of benzene rings is 2. The highest BCUT2D eigenvalue weighted by molar-refractivity contribution is 7.07. The van der Waals surface area contributed by atoms with Crippen molar-refractivity contribution in [2.24, 2.45) is 10.1 Å². The van der Waals surface area contributed by atoms with E-state index >= 15 is 0 Å². The maximum absolute atomic E-state index is 13.4. The molecule has 0 N–H and O–H groups in total. The quantitative estimate of drug-likeness (QED) is 0.354. The molecule has 27 heavy (non-hydrogen) atoms. The number of hydrogen-bond donors (Lipinski definition) is 0. The maximum atomic E-state index is 13.4. The van der Waals surface area contributed by atoms with Gasteiger partial charge >= 0.3 is 0 Å². The molecule has 0 aliphatic carbocycles. The lowest BCUT2D eigenvalue weighted by Crippen LogP contribution is -2.12. The van der Waals surface area contributed by atoms with Crippen LogP contribution in [0.2, 0.25) is 0 Å². The highest BCUT2D eigenvalue weighted by atomic mass is 32.1. The fourth-order valence-corrected chi connectivity index (χ4v) is 3.48. The van der Waals surface area contributed by atoms with Gasteiger partial charge in [-0.05, 0) is 29.8 Å². The summed E-state index contributed by atoms with van der Waals surface area (Å²) in [4.78, 5) is 5.20. The Kier molecular flexibility index (Phi) is 4.80. The zero-order valence-electron chi connectivity index (χ0n) is 14.4. The third-order valence-electron chi connectivity index (χ3n) is 3.89. The summed E-state index contributed by atoms with van der Waals surface area (Å²) < 4.78 is 21.1. The normalized spacial score (nSPS) is 12.3. The Hall–Kier alpha value is -3.25. The van der Waals surface area contributed by atoms with Crippen molar-refractivity contribution < 1.29 is 8.81 Å². The third kappa shape index (κ3) is 3.66. The first-order valence-corrected chi connectivity index (χ1v) is 9.23. The molecule has 0 bridgehead atoms. The van der Waals surface area contributed by atoms with Crippen molar-refractivity contribution in [3.05, 3.63) is 88.8 Å². The first-order valence-electron chi connectivity index (χ1n) is 8.35. The lowest BCUT2D eigenvalue weighted by atomic mass is 10.2. The molecule has 6 heteroatoms. The van der Waals surface area contributed by atoms with E-state index in [0.29, 0.717) is 22.7 Å². The van der Waals surface area contributed by atoms with Crippen molar-refractivity contribution in [1.82, 2.24) is 4.68 Å². The highest BCUT2D eigenvalue weighted by Gasteiger charge is 2.12. The van der Waals surface area contributed by atoms with Gasteiger partial charge in [-0.15, -0.1) is 17.9 Å². The molecule has 0 aliphatic rings. The van der Waals surface area contributed by atoms with Crippen molar-refractivity contribution in [2.75, 3.05) is 6.54 Å². The van der Waals surface area contributed by atoms with E-state index in [1.54, 1.807) is 29.1 Å². The van der Waals surface area contributed by atoms with E-state index in [9.17, 15) is 4.39 Å². The van der Waals surface area contributed by atoms with E-state index < -0.39 is 0 Å². The summed E-state index contributed by atoms with van der Waals surface area (Å²) >= 11 is 1.46. The van der Waals surface area contributed by atoms with Crippen LogP contribution in [0.4, 0.5) is 4.39 Å². The average molecular weight is 377 g/mol. The average Bonchev–Trinajstić information content (AvgIpc) is 3.28. The predicted octanol–water partition coefficient (Wildman–Crippen LogP) is 5.07. The molecule has 2 aromatic heterocycles. The smallest absolute Gasteiger partial charge is 0.206 e. The van der Waals surface area contributed by atoms with Gasteiger partial charge in [0.2, 0.25) is 4.80 Å². The molecule has 134 valence electrons. The topological polar surface area (TPSA) is 42.8 Å². The summed E-state index contributed by atoms with van der Waals surface area (Å²) in [6.07, 6.45) is 3.33. The Labute approximate surface area is 159 Å². The molecule has 0 saturated carbocycles.